The second-order valence-corrected chi connectivity index (χ2v) is 7.89. The first-order valence-electron chi connectivity index (χ1n) is 9.72. The smallest absolute Gasteiger partial charge is 0.293 e. The molecule has 1 aliphatic rings. The van der Waals surface area contributed by atoms with Crippen molar-refractivity contribution in [2.24, 2.45) is 0 Å². The molecular weight excluding hydrogens is 412 g/mol. The van der Waals surface area contributed by atoms with Gasteiger partial charge in [0, 0.05) is 13.1 Å². The van der Waals surface area contributed by atoms with E-state index in [1.165, 1.54) is 7.11 Å². The van der Waals surface area contributed by atoms with Crippen LogP contribution in [0.2, 0.25) is 0 Å². The first-order chi connectivity index (χ1) is 15.1. The Morgan fingerprint density at radius 3 is 2.42 bits per heavy atom. The monoisotopic (exact) mass is 432 g/mol. The molecule has 3 aromatic rings. The van der Waals surface area contributed by atoms with Crippen LogP contribution in [0.5, 0.6) is 5.75 Å². The second-order valence-electron chi connectivity index (χ2n) is 6.90. The maximum atomic E-state index is 12.7. The Hall–Kier alpha value is -3.58. The van der Waals surface area contributed by atoms with Gasteiger partial charge in [-0.3, -0.25) is 19.3 Å². The Labute approximate surface area is 183 Å². The summed E-state index contributed by atoms with van der Waals surface area (Å²) < 4.78 is 5.37. The van der Waals surface area contributed by atoms with Crippen LogP contribution in [0.1, 0.15) is 15.9 Å². The second kappa shape index (κ2) is 9.06. The molecule has 0 bridgehead atoms. The van der Waals surface area contributed by atoms with Gasteiger partial charge in [-0.25, -0.2) is 0 Å². The maximum Gasteiger partial charge on any atom is 0.293 e. The zero-order valence-corrected chi connectivity index (χ0v) is 17.6. The van der Waals surface area contributed by atoms with Crippen molar-refractivity contribution in [3.8, 4) is 5.75 Å². The van der Waals surface area contributed by atoms with Gasteiger partial charge in [-0.1, -0.05) is 54.6 Å². The molecule has 1 fully saturated rings. The highest BCUT2D eigenvalue weighted by molar-refractivity contribution is 8.18. The SMILES string of the molecule is COc1cc2ccccc2cc1C(=O)NCCN1C(=O)S/C(=C\c2ccccc2)C1=O. The molecule has 1 heterocycles. The standard InChI is InChI=1S/C24H20N2O4S/c1-30-20-15-18-10-6-5-9-17(18)14-19(20)22(27)25-11-12-26-23(28)21(31-24(26)29)13-16-7-3-2-4-8-16/h2-10,13-15H,11-12H2,1H3,(H,25,27)/b21-13-. The van der Waals surface area contributed by atoms with E-state index >= 15 is 0 Å². The summed E-state index contributed by atoms with van der Waals surface area (Å²) in [6.07, 6.45) is 1.70. The van der Waals surface area contributed by atoms with Crippen LogP contribution in [0.15, 0.2) is 71.6 Å². The summed E-state index contributed by atoms with van der Waals surface area (Å²) >= 11 is 0.905. The van der Waals surface area contributed by atoms with Gasteiger partial charge < -0.3 is 10.1 Å². The van der Waals surface area contributed by atoms with E-state index in [1.54, 1.807) is 12.1 Å². The Kier molecular flexibility index (Phi) is 6.04. The molecule has 1 aliphatic heterocycles. The van der Waals surface area contributed by atoms with Crippen LogP contribution in [0, 0.1) is 0 Å². The molecule has 1 N–H and O–H groups in total. The number of nitrogens with zero attached hydrogens (tertiary/aromatic N) is 1. The number of amides is 3. The van der Waals surface area contributed by atoms with Crippen molar-refractivity contribution in [1.82, 2.24) is 10.2 Å². The van der Waals surface area contributed by atoms with Gasteiger partial charge in [0.15, 0.2) is 0 Å². The number of carbonyl (C=O) groups excluding carboxylic acids is 3. The zero-order chi connectivity index (χ0) is 21.8. The zero-order valence-electron chi connectivity index (χ0n) is 16.8. The first-order valence-corrected chi connectivity index (χ1v) is 10.5. The lowest BCUT2D eigenvalue weighted by Crippen LogP contribution is -2.37. The number of hydrogen-bond acceptors (Lipinski definition) is 5. The minimum absolute atomic E-state index is 0.0957. The van der Waals surface area contributed by atoms with E-state index in [9.17, 15) is 14.4 Å². The minimum Gasteiger partial charge on any atom is -0.496 e. The van der Waals surface area contributed by atoms with E-state index in [0.29, 0.717) is 16.2 Å². The van der Waals surface area contributed by atoms with Crippen molar-refractivity contribution < 1.29 is 19.1 Å². The third kappa shape index (κ3) is 4.46. The number of methoxy groups -OCH3 is 1. The molecule has 0 spiro atoms. The average molecular weight is 433 g/mol. The molecule has 0 radical (unpaired) electrons. The van der Waals surface area contributed by atoms with E-state index in [0.717, 1.165) is 33.0 Å². The number of hydrogen-bond donors (Lipinski definition) is 1. The van der Waals surface area contributed by atoms with Crippen LogP contribution in [0.25, 0.3) is 16.8 Å². The average Bonchev–Trinajstić information content (AvgIpc) is 3.06. The van der Waals surface area contributed by atoms with E-state index in [1.807, 2.05) is 60.7 Å². The molecule has 3 aromatic carbocycles. The van der Waals surface area contributed by atoms with Crippen molar-refractivity contribution in [3.05, 3.63) is 82.8 Å². The van der Waals surface area contributed by atoms with Crippen LogP contribution in [-0.2, 0) is 4.79 Å². The van der Waals surface area contributed by atoms with Crippen molar-refractivity contribution in [1.29, 1.82) is 0 Å². The molecule has 0 aromatic heterocycles. The predicted molar refractivity (Wildman–Crippen MR) is 122 cm³/mol. The summed E-state index contributed by atoms with van der Waals surface area (Å²) in [7, 11) is 1.51. The molecule has 3 amide bonds. The van der Waals surface area contributed by atoms with Crippen LogP contribution < -0.4 is 10.1 Å². The lowest BCUT2D eigenvalue weighted by atomic mass is 10.1. The number of nitrogens with one attached hydrogen (secondary N) is 1. The minimum atomic E-state index is -0.351. The third-order valence-corrected chi connectivity index (χ3v) is 5.81. The molecule has 0 saturated carbocycles. The van der Waals surface area contributed by atoms with Gasteiger partial charge in [-0.15, -0.1) is 0 Å². The molecule has 7 heteroatoms. The molecule has 31 heavy (non-hydrogen) atoms. The highest BCUT2D eigenvalue weighted by Crippen LogP contribution is 2.32. The van der Waals surface area contributed by atoms with Crippen molar-refractivity contribution in [3.63, 3.8) is 0 Å². The molecular formula is C24H20N2O4S. The highest BCUT2D eigenvalue weighted by atomic mass is 32.2. The van der Waals surface area contributed by atoms with Crippen LogP contribution >= 0.6 is 11.8 Å². The molecule has 1 saturated heterocycles. The lowest BCUT2D eigenvalue weighted by molar-refractivity contribution is -0.122. The van der Waals surface area contributed by atoms with Crippen LogP contribution in [0.4, 0.5) is 4.79 Å². The number of thioether (sulfide) groups is 1. The number of rotatable bonds is 6. The molecule has 0 atom stereocenters. The maximum absolute atomic E-state index is 12.7. The molecule has 0 aliphatic carbocycles. The number of carbonyl (C=O) groups is 3. The normalized spacial score (nSPS) is 15.0. The number of benzene rings is 3. The van der Waals surface area contributed by atoms with Gasteiger partial charge in [-0.2, -0.15) is 0 Å². The Morgan fingerprint density at radius 2 is 1.71 bits per heavy atom. The van der Waals surface area contributed by atoms with Gasteiger partial charge >= 0.3 is 0 Å². The fourth-order valence-electron chi connectivity index (χ4n) is 3.34. The van der Waals surface area contributed by atoms with Crippen molar-refractivity contribution in [2.45, 2.75) is 0 Å². The summed E-state index contributed by atoms with van der Waals surface area (Å²) in [6, 6.07) is 20.6. The molecule has 6 nitrogen and oxygen atoms in total. The topological polar surface area (TPSA) is 75.7 Å². The van der Waals surface area contributed by atoms with E-state index in [4.69, 9.17) is 4.74 Å². The number of fused-ring (bicyclic) bond motifs is 1. The molecule has 156 valence electrons. The Bertz CT molecular complexity index is 1190. The molecule has 0 unspecified atom stereocenters. The summed E-state index contributed by atoms with van der Waals surface area (Å²) in [5, 5.41) is 4.33. The summed E-state index contributed by atoms with van der Waals surface area (Å²) in [5.41, 5.74) is 1.25. The summed E-state index contributed by atoms with van der Waals surface area (Å²) in [6.45, 7) is 0.240. The quantitative estimate of drug-likeness (QED) is 0.588. The van der Waals surface area contributed by atoms with Gasteiger partial charge in [0.25, 0.3) is 17.1 Å². The first kappa shape index (κ1) is 20.7. The fraction of sp³-hybridized carbons (Fsp3) is 0.125. The van der Waals surface area contributed by atoms with Crippen LogP contribution in [-0.4, -0.2) is 42.2 Å². The number of imide groups is 1. The largest absolute Gasteiger partial charge is 0.496 e. The lowest BCUT2D eigenvalue weighted by Gasteiger charge is -2.14. The van der Waals surface area contributed by atoms with Gasteiger partial charge in [-0.05, 0) is 46.3 Å². The van der Waals surface area contributed by atoms with Crippen molar-refractivity contribution >= 4 is 45.7 Å². The van der Waals surface area contributed by atoms with E-state index in [-0.39, 0.29) is 30.1 Å². The molecule has 4 rings (SSSR count). The van der Waals surface area contributed by atoms with E-state index < -0.39 is 0 Å². The Morgan fingerprint density at radius 1 is 1.03 bits per heavy atom. The van der Waals surface area contributed by atoms with Gasteiger partial charge in [0.05, 0.1) is 17.6 Å². The van der Waals surface area contributed by atoms with Crippen LogP contribution in [0.3, 0.4) is 0 Å². The van der Waals surface area contributed by atoms with Gasteiger partial charge in [0.2, 0.25) is 0 Å². The van der Waals surface area contributed by atoms with Gasteiger partial charge in [0.1, 0.15) is 5.75 Å². The summed E-state index contributed by atoms with van der Waals surface area (Å²) in [4.78, 5) is 39.1. The fourth-order valence-corrected chi connectivity index (χ4v) is 4.20. The predicted octanol–water partition coefficient (Wildman–Crippen LogP) is 4.31. The van der Waals surface area contributed by atoms with Crippen molar-refractivity contribution in [2.75, 3.05) is 20.2 Å². The third-order valence-electron chi connectivity index (χ3n) is 4.90. The summed E-state index contributed by atoms with van der Waals surface area (Å²) in [5.74, 6) is -0.209. The van der Waals surface area contributed by atoms with E-state index in [2.05, 4.69) is 5.32 Å². The number of ether oxygens (including phenoxy) is 1. The highest BCUT2D eigenvalue weighted by Gasteiger charge is 2.34. The Balaban J connectivity index is 1.42.